The summed E-state index contributed by atoms with van der Waals surface area (Å²) >= 11 is 0. The smallest absolute Gasteiger partial charge is 0.309 e. The molecule has 3 aliphatic heterocycles. The Morgan fingerprint density at radius 1 is 1.30 bits per heavy atom. The summed E-state index contributed by atoms with van der Waals surface area (Å²) in [6.45, 7) is 0.447. The highest BCUT2D eigenvalue weighted by atomic mass is 32.3. The summed E-state index contributed by atoms with van der Waals surface area (Å²) in [7, 11) is -4.90. The second kappa shape index (κ2) is 7.55. The van der Waals surface area contributed by atoms with E-state index in [9.17, 15) is 22.8 Å². The third-order valence-electron chi connectivity index (χ3n) is 5.47. The average Bonchev–Trinajstić information content (AvgIpc) is 3.43. The van der Waals surface area contributed by atoms with E-state index in [4.69, 9.17) is 10.4 Å². The average molecular weight is 444 g/mol. The van der Waals surface area contributed by atoms with Gasteiger partial charge < -0.3 is 10.2 Å². The second-order valence-electron chi connectivity index (χ2n) is 7.28. The van der Waals surface area contributed by atoms with Crippen molar-refractivity contribution in [3.63, 3.8) is 0 Å². The zero-order valence-electron chi connectivity index (χ0n) is 15.6. The van der Waals surface area contributed by atoms with Gasteiger partial charge in [0.2, 0.25) is 0 Å². The predicted molar refractivity (Wildman–Crippen MR) is 94.9 cm³/mol. The molecule has 2 bridgehead atoms. The number of rotatable bonds is 5. The summed E-state index contributed by atoms with van der Waals surface area (Å²) in [5.74, 6) is 4.35. The van der Waals surface area contributed by atoms with Crippen LogP contribution in [0.5, 0.6) is 0 Å². The summed E-state index contributed by atoms with van der Waals surface area (Å²) in [6.07, 6.45) is 3.65. The van der Waals surface area contributed by atoms with Gasteiger partial charge in [0.1, 0.15) is 18.7 Å². The summed E-state index contributed by atoms with van der Waals surface area (Å²) in [5.41, 5.74) is 0. The van der Waals surface area contributed by atoms with Crippen molar-refractivity contribution in [3.05, 3.63) is 12.7 Å². The normalized spacial score (nSPS) is 28.8. The Balaban J connectivity index is 1.41. The molecule has 15 nitrogen and oxygen atoms in total. The van der Waals surface area contributed by atoms with Gasteiger partial charge in [-0.3, -0.25) is 14.1 Å². The number of amides is 4. The van der Waals surface area contributed by atoms with Crippen LogP contribution in [0.15, 0.2) is 12.7 Å². The number of hydrogen-bond donors (Lipinski definition) is 3. The fourth-order valence-corrected chi connectivity index (χ4v) is 4.43. The van der Waals surface area contributed by atoms with Crippen molar-refractivity contribution in [2.24, 2.45) is 5.84 Å². The number of aromatic nitrogens is 3. The largest absolute Gasteiger partial charge is 0.418 e. The van der Waals surface area contributed by atoms with Gasteiger partial charge in [-0.15, -0.1) is 4.28 Å². The number of imide groups is 1. The molecular formula is C14H20N8O7S. The van der Waals surface area contributed by atoms with Gasteiger partial charge in [0.15, 0.2) is 0 Å². The van der Waals surface area contributed by atoms with Crippen molar-refractivity contribution in [3.8, 4) is 0 Å². The summed E-state index contributed by atoms with van der Waals surface area (Å²) in [4.78, 5) is 42.9. The molecule has 1 aromatic rings. The van der Waals surface area contributed by atoms with E-state index in [2.05, 4.69) is 19.7 Å². The Labute approximate surface area is 170 Å². The van der Waals surface area contributed by atoms with E-state index in [1.807, 2.05) is 0 Å². The number of urea groups is 1. The highest BCUT2D eigenvalue weighted by Gasteiger charge is 2.50. The van der Waals surface area contributed by atoms with E-state index in [-0.39, 0.29) is 25.4 Å². The monoisotopic (exact) mass is 444 g/mol. The third kappa shape index (κ3) is 3.74. The molecule has 0 aromatic carbocycles. The lowest BCUT2D eigenvalue weighted by molar-refractivity contribution is -0.149. The number of hydrogen-bond acceptors (Lipinski definition) is 10. The molecule has 164 valence electrons. The minimum Gasteiger partial charge on any atom is -0.309 e. The van der Waals surface area contributed by atoms with Gasteiger partial charge in [-0.1, -0.05) is 0 Å². The van der Waals surface area contributed by atoms with Crippen LogP contribution in [0.2, 0.25) is 0 Å². The SMILES string of the molecule is NN(C(=O)[C@@H]1C[C@H](n2cncn2)CN1)C(=O)[C@H]1CC[C@@H]2CN1C(=O)N2OS(=O)(=O)O. The first-order valence-electron chi connectivity index (χ1n) is 9.12. The number of piperidine rings is 1. The maximum atomic E-state index is 12.8. The minimum atomic E-state index is -4.90. The molecule has 4 rings (SSSR count). The van der Waals surface area contributed by atoms with Gasteiger partial charge in [0.05, 0.1) is 18.1 Å². The number of nitrogens with one attached hydrogen (secondary N) is 1. The van der Waals surface area contributed by atoms with E-state index in [1.165, 1.54) is 12.7 Å². The lowest BCUT2D eigenvalue weighted by Crippen LogP contribution is -2.58. The molecular weight excluding hydrogens is 424 g/mol. The second-order valence-corrected chi connectivity index (χ2v) is 8.29. The van der Waals surface area contributed by atoms with Crippen LogP contribution in [0, 0.1) is 0 Å². The molecule has 3 aliphatic rings. The molecule has 4 amide bonds. The number of hydrazine groups is 1. The number of nitrogens with two attached hydrogens (primary N) is 1. The zero-order valence-corrected chi connectivity index (χ0v) is 16.4. The summed E-state index contributed by atoms with van der Waals surface area (Å²) < 4.78 is 36.7. The van der Waals surface area contributed by atoms with Crippen LogP contribution in [0.4, 0.5) is 4.79 Å². The maximum Gasteiger partial charge on any atom is 0.418 e. The van der Waals surface area contributed by atoms with Crippen LogP contribution in [0.3, 0.4) is 0 Å². The summed E-state index contributed by atoms with van der Waals surface area (Å²) in [6, 6.07) is -3.43. The van der Waals surface area contributed by atoms with Gasteiger partial charge in [-0.2, -0.15) is 18.6 Å². The first-order chi connectivity index (χ1) is 14.2. The lowest BCUT2D eigenvalue weighted by Gasteiger charge is -2.31. The quantitative estimate of drug-likeness (QED) is 0.142. The van der Waals surface area contributed by atoms with Crippen molar-refractivity contribution in [1.82, 2.24) is 35.1 Å². The fraction of sp³-hybridized carbons (Fsp3) is 0.643. The first-order valence-corrected chi connectivity index (χ1v) is 10.5. The van der Waals surface area contributed by atoms with Crippen LogP contribution in [0.25, 0.3) is 0 Å². The molecule has 4 heterocycles. The molecule has 3 fully saturated rings. The van der Waals surface area contributed by atoms with Crippen molar-refractivity contribution < 1.29 is 31.6 Å². The van der Waals surface area contributed by atoms with Crippen LogP contribution < -0.4 is 11.2 Å². The highest BCUT2D eigenvalue weighted by Crippen LogP contribution is 2.31. The van der Waals surface area contributed by atoms with Crippen molar-refractivity contribution in [2.45, 2.75) is 43.4 Å². The number of hydroxylamine groups is 2. The van der Waals surface area contributed by atoms with Gasteiger partial charge in [0, 0.05) is 13.1 Å². The number of nitrogens with zero attached hydrogens (tertiary/aromatic N) is 6. The molecule has 3 saturated heterocycles. The maximum absolute atomic E-state index is 12.8. The highest BCUT2D eigenvalue weighted by molar-refractivity contribution is 7.80. The number of carbonyl (C=O) groups is 3. The Hall–Kier alpha value is -2.66. The van der Waals surface area contributed by atoms with Crippen LogP contribution in [-0.2, 0) is 24.3 Å². The van der Waals surface area contributed by atoms with Crippen molar-refractivity contribution >= 4 is 28.2 Å². The Bertz CT molecular complexity index is 954. The molecule has 0 unspecified atom stereocenters. The van der Waals surface area contributed by atoms with Crippen LogP contribution >= 0.6 is 0 Å². The van der Waals surface area contributed by atoms with Crippen molar-refractivity contribution in [1.29, 1.82) is 0 Å². The van der Waals surface area contributed by atoms with E-state index in [1.54, 1.807) is 4.68 Å². The zero-order chi connectivity index (χ0) is 21.6. The molecule has 0 saturated carbocycles. The molecule has 0 radical (unpaired) electrons. The van der Waals surface area contributed by atoms with Crippen LogP contribution in [0.1, 0.15) is 25.3 Å². The number of fused-ring (bicyclic) bond motifs is 2. The van der Waals surface area contributed by atoms with Crippen molar-refractivity contribution in [2.75, 3.05) is 13.1 Å². The standard InChI is InChI=1S/C14H20N8O7S/c15-21(12(23)10-3-9(4-17-10)20-7-16-6-18-20)13(24)11-2-1-8-5-19(11)14(25)22(8)29-30(26,27)28/h6-11,17H,1-5,15H2,(H,26,27,28)/t8-,9+,10+,11-/m1/s1. The molecule has 30 heavy (non-hydrogen) atoms. The van der Waals surface area contributed by atoms with Crippen LogP contribution in [-0.4, -0.2) is 91.8 Å². The summed E-state index contributed by atoms with van der Waals surface area (Å²) in [5, 5.41) is 8.04. The molecule has 1 aromatic heterocycles. The van der Waals surface area contributed by atoms with Gasteiger partial charge in [-0.05, 0) is 19.3 Å². The lowest BCUT2D eigenvalue weighted by atomic mass is 10.00. The van der Waals surface area contributed by atoms with E-state index >= 15 is 0 Å². The Morgan fingerprint density at radius 3 is 2.73 bits per heavy atom. The van der Waals surface area contributed by atoms with Gasteiger partial charge in [0.25, 0.3) is 11.8 Å². The van der Waals surface area contributed by atoms with Gasteiger partial charge >= 0.3 is 16.4 Å². The van der Waals surface area contributed by atoms with E-state index in [0.717, 1.165) is 4.90 Å². The fourth-order valence-electron chi connectivity index (χ4n) is 4.04. The molecule has 0 aliphatic carbocycles. The number of carbonyl (C=O) groups excluding carboxylic acids is 3. The van der Waals surface area contributed by atoms with Gasteiger partial charge in [-0.25, -0.2) is 25.3 Å². The van der Waals surface area contributed by atoms with E-state index in [0.29, 0.717) is 23.0 Å². The Morgan fingerprint density at radius 2 is 2.07 bits per heavy atom. The predicted octanol–water partition coefficient (Wildman–Crippen LogP) is -2.59. The molecule has 16 heteroatoms. The molecule has 4 N–H and O–H groups in total. The topological polar surface area (TPSA) is 193 Å². The minimum absolute atomic E-state index is 0.00282. The molecule has 4 atom stereocenters. The Kier molecular flexibility index (Phi) is 5.18. The third-order valence-corrected chi connectivity index (χ3v) is 5.82. The molecule has 0 spiro atoms. The van der Waals surface area contributed by atoms with E-state index < -0.39 is 46.4 Å². The first kappa shape index (κ1) is 20.6.